The van der Waals surface area contributed by atoms with Crippen LogP contribution in [0, 0.1) is 0 Å². The van der Waals surface area contributed by atoms with Gasteiger partial charge in [0.15, 0.2) is 0 Å². The normalized spacial score (nSPS) is 16.6. The molecule has 26 heavy (non-hydrogen) atoms. The fourth-order valence-electron chi connectivity index (χ4n) is 3.27. The molecule has 1 aliphatic heterocycles. The number of carbonyl (C=O) groups is 1. The number of hydrazone groups is 1. The van der Waals surface area contributed by atoms with Gasteiger partial charge in [-0.15, -0.1) is 0 Å². The van der Waals surface area contributed by atoms with E-state index in [0.29, 0.717) is 13.0 Å². The SMILES string of the molecule is COc1ccc(/C=N\NC(=O)[C@@H]2Cc3c([nH]c4ccccc34)CN2)cc1. The molecule has 132 valence electrons. The number of nitrogens with zero attached hydrogens (tertiary/aromatic N) is 1. The molecule has 3 aromatic rings. The molecule has 0 radical (unpaired) electrons. The molecule has 0 fully saturated rings. The van der Waals surface area contributed by atoms with Gasteiger partial charge in [-0.05, 0) is 47.9 Å². The first-order valence-corrected chi connectivity index (χ1v) is 8.53. The summed E-state index contributed by atoms with van der Waals surface area (Å²) < 4.78 is 5.12. The average Bonchev–Trinajstić information content (AvgIpc) is 3.06. The minimum absolute atomic E-state index is 0.134. The molecule has 4 rings (SSSR count). The Bertz CT molecular complexity index is 960. The minimum atomic E-state index is -0.297. The van der Waals surface area contributed by atoms with Gasteiger partial charge in [0.05, 0.1) is 19.4 Å². The number of methoxy groups -OCH3 is 1. The quantitative estimate of drug-likeness (QED) is 0.500. The lowest BCUT2D eigenvalue weighted by atomic mass is 9.98. The summed E-state index contributed by atoms with van der Waals surface area (Å²) in [5.74, 6) is 0.651. The van der Waals surface area contributed by atoms with Crippen molar-refractivity contribution in [3.63, 3.8) is 0 Å². The Labute approximate surface area is 151 Å². The number of hydrogen-bond donors (Lipinski definition) is 3. The standard InChI is InChI=1S/C20H20N4O2/c1-26-14-8-6-13(7-9-14)11-22-24-20(25)18-10-16-15-4-2-3-5-17(15)23-19(16)12-21-18/h2-9,11,18,21,23H,10,12H2,1H3,(H,24,25)/b22-11-/t18-/m0/s1. The van der Waals surface area contributed by atoms with Gasteiger partial charge < -0.3 is 9.72 Å². The number of aromatic amines is 1. The summed E-state index contributed by atoms with van der Waals surface area (Å²) in [6.07, 6.45) is 2.26. The summed E-state index contributed by atoms with van der Waals surface area (Å²) in [7, 11) is 1.62. The lowest BCUT2D eigenvalue weighted by Gasteiger charge is -2.22. The number of para-hydroxylation sites is 1. The maximum Gasteiger partial charge on any atom is 0.257 e. The molecular formula is C20H20N4O2. The minimum Gasteiger partial charge on any atom is -0.497 e. The second-order valence-corrected chi connectivity index (χ2v) is 6.27. The van der Waals surface area contributed by atoms with Crippen molar-refractivity contribution < 1.29 is 9.53 Å². The predicted octanol–water partition coefficient (Wildman–Crippen LogP) is 2.34. The molecule has 1 amide bonds. The fourth-order valence-corrected chi connectivity index (χ4v) is 3.27. The van der Waals surface area contributed by atoms with Crippen molar-refractivity contribution >= 4 is 23.0 Å². The van der Waals surface area contributed by atoms with Crippen LogP contribution in [0.5, 0.6) is 5.75 Å². The third kappa shape index (κ3) is 3.19. The Morgan fingerprint density at radius 3 is 2.85 bits per heavy atom. The average molecular weight is 348 g/mol. The van der Waals surface area contributed by atoms with Crippen LogP contribution >= 0.6 is 0 Å². The monoisotopic (exact) mass is 348 g/mol. The topological polar surface area (TPSA) is 78.5 Å². The molecule has 0 unspecified atom stereocenters. The van der Waals surface area contributed by atoms with Gasteiger partial charge in [0.1, 0.15) is 5.75 Å². The van der Waals surface area contributed by atoms with Crippen LogP contribution in [0.3, 0.4) is 0 Å². The first-order valence-electron chi connectivity index (χ1n) is 8.53. The second-order valence-electron chi connectivity index (χ2n) is 6.27. The van der Waals surface area contributed by atoms with E-state index in [1.165, 1.54) is 10.9 Å². The molecule has 1 aromatic heterocycles. The first kappa shape index (κ1) is 16.4. The number of benzene rings is 2. The van der Waals surface area contributed by atoms with E-state index in [-0.39, 0.29) is 11.9 Å². The number of fused-ring (bicyclic) bond motifs is 3. The van der Waals surface area contributed by atoms with Gasteiger partial charge in [-0.2, -0.15) is 5.10 Å². The molecule has 6 heteroatoms. The second kappa shape index (κ2) is 7.01. The molecule has 1 aliphatic rings. The number of aromatic nitrogens is 1. The van der Waals surface area contributed by atoms with Crippen molar-refractivity contribution in [3.05, 3.63) is 65.4 Å². The van der Waals surface area contributed by atoms with E-state index in [0.717, 1.165) is 22.5 Å². The van der Waals surface area contributed by atoms with Crippen LogP contribution in [0.1, 0.15) is 16.8 Å². The van der Waals surface area contributed by atoms with E-state index < -0.39 is 0 Å². The van der Waals surface area contributed by atoms with Crippen LogP contribution in [-0.4, -0.2) is 30.3 Å². The molecule has 0 aliphatic carbocycles. The number of rotatable bonds is 4. The number of ether oxygens (including phenoxy) is 1. The van der Waals surface area contributed by atoms with Crippen molar-refractivity contribution in [2.24, 2.45) is 5.10 Å². The summed E-state index contributed by atoms with van der Waals surface area (Å²) in [4.78, 5) is 15.9. The highest BCUT2D eigenvalue weighted by Gasteiger charge is 2.26. The van der Waals surface area contributed by atoms with Crippen molar-refractivity contribution in [3.8, 4) is 5.75 Å². The molecule has 3 N–H and O–H groups in total. The molecule has 0 spiro atoms. The highest BCUT2D eigenvalue weighted by molar-refractivity contribution is 5.88. The van der Waals surface area contributed by atoms with Crippen molar-refractivity contribution in [1.29, 1.82) is 0 Å². The predicted molar refractivity (Wildman–Crippen MR) is 101 cm³/mol. The molecule has 2 heterocycles. The van der Waals surface area contributed by atoms with Crippen LogP contribution in [0.25, 0.3) is 10.9 Å². The van der Waals surface area contributed by atoms with Gasteiger partial charge in [0.25, 0.3) is 5.91 Å². The fraction of sp³-hybridized carbons (Fsp3) is 0.200. The molecule has 2 aromatic carbocycles. The first-order chi connectivity index (χ1) is 12.7. The zero-order chi connectivity index (χ0) is 17.9. The van der Waals surface area contributed by atoms with Crippen molar-refractivity contribution in [1.82, 2.24) is 15.7 Å². The van der Waals surface area contributed by atoms with E-state index >= 15 is 0 Å². The summed E-state index contributed by atoms with van der Waals surface area (Å²) >= 11 is 0. The molecular weight excluding hydrogens is 328 g/mol. The highest BCUT2D eigenvalue weighted by atomic mass is 16.5. The highest BCUT2D eigenvalue weighted by Crippen LogP contribution is 2.26. The van der Waals surface area contributed by atoms with E-state index in [9.17, 15) is 4.79 Å². The van der Waals surface area contributed by atoms with E-state index in [1.54, 1.807) is 13.3 Å². The van der Waals surface area contributed by atoms with Crippen LogP contribution in [0.4, 0.5) is 0 Å². The number of amides is 1. The Morgan fingerprint density at radius 1 is 1.23 bits per heavy atom. The number of nitrogens with one attached hydrogen (secondary N) is 3. The summed E-state index contributed by atoms with van der Waals surface area (Å²) in [5.41, 5.74) is 6.98. The largest absolute Gasteiger partial charge is 0.497 e. The third-order valence-corrected chi connectivity index (χ3v) is 4.66. The number of hydrogen-bond acceptors (Lipinski definition) is 4. The van der Waals surface area contributed by atoms with Gasteiger partial charge in [-0.3, -0.25) is 10.1 Å². The van der Waals surface area contributed by atoms with Gasteiger partial charge in [0.2, 0.25) is 0 Å². The molecule has 0 saturated heterocycles. The van der Waals surface area contributed by atoms with Gasteiger partial charge in [0, 0.05) is 23.1 Å². The molecule has 1 atom stereocenters. The van der Waals surface area contributed by atoms with Crippen LogP contribution in [-0.2, 0) is 17.8 Å². The Kier molecular flexibility index (Phi) is 4.41. The van der Waals surface area contributed by atoms with E-state index in [2.05, 4.69) is 33.0 Å². The zero-order valence-electron chi connectivity index (χ0n) is 14.5. The Hall–Kier alpha value is -3.12. The van der Waals surface area contributed by atoms with Gasteiger partial charge in [-0.1, -0.05) is 18.2 Å². The smallest absolute Gasteiger partial charge is 0.257 e. The van der Waals surface area contributed by atoms with Crippen molar-refractivity contribution in [2.75, 3.05) is 7.11 Å². The van der Waals surface area contributed by atoms with E-state index in [4.69, 9.17) is 4.74 Å². The Morgan fingerprint density at radius 2 is 2.04 bits per heavy atom. The summed E-state index contributed by atoms with van der Waals surface area (Å²) in [6.45, 7) is 0.643. The van der Waals surface area contributed by atoms with Gasteiger partial charge >= 0.3 is 0 Å². The lowest BCUT2D eigenvalue weighted by Crippen LogP contribution is -2.46. The maximum absolute atomic E-state index is 12.4. The summed E-state index contributed by atoms with van der Waals surface area (Å²) in [5, 5.41) is 8.51. The van der Waals surface area contributed by atoms with Crippen LogP contribution in [0.15, 0.2) is 53.6 Å². The molecule has 0 bridgehead atoms. The zero-order valence-corrected chi connectivity index (χ0v) is 14.5. The van der Waals surface area contributed by atoms with Crippen LogP contribution < -0.4 is 15.5 Å². The number of H-pyrrole nitrogens is 1. The number of carbonyl (C=O) groups excluding carboxylic acids is 1. The van der Waals surface area contributed by atoms with Crippen LogP contribution in [0.2, 0.25) is 0 Å². The third-order valence-electron chi connectivity index (χ3n) is 4.66. The molecule has 6 nitrogen and oxygen atoms in total. The maximum atomic E-state index is 12.4. The van der Waals surface area contributed by atoms with E-state index in [1.807, 2.05) is 36.4 Å². The molecule has 0 saturated carbocycles. The lowest BCUT2D eigenvalue weighted by molar-refractivity contribution is -0.123. The summed E-state index contributed by atoms with van der Waals surface area (Å²) in [6, 6.07) is 15.3. The van der Waals surface area contributed by atoms with Gasteiger partial charge in [-0.25, -0.2) is 5.43 Å². The Balaban J connectivity index is 1.41. The van der Waals surface area contributed by atoms with Crippen molar-refractivity contribution in [2.45, 2.75) is 19.0 Å².